The highest BCUT2D eigenvalue weighted by molar-refractivity contribution is 5.83. The zero-order valence-electron chi connectivity index (χ0n) is 15.4. The molecule has 1 aromatic carbocycles. The standard InChI is InChI=1S/C17H22F3N3O4/c1-5-27-14(24)12-13(10-6-8-11(9-7-10)22(2)3)21-15(25)23(4)16(12,26)17(18,19)20/h6-9,12-13,26H,5H2,1-4H3,(H,21,25)/t12-,13+,16-/m1/s1. The summed E-state index contributed by atoms with van der Waals surface area (Å²) in [5.74, 6) is -3.36. The van der Waals surface area contributed by atoms with Crippen molar-refractivity contribution in [1.29, 1.82) is 0 Å². The van der Waals surface area contributed by atoms with E-state index in [1.54, 1.807) is 31.1 Å². The minimum absolute atomic E-state index is 0.0826. The van der Waals surface area contributed by atoms with Gasteiger partial charge in [0.1, 0.15) is 5.92 Å². The topological polar surface area (TPSA) is 82.1 Å². The predicted octanol–water partition coefficient (Wildman–Crippen LogP) is 1.88. The number of carbonyl (C=O) groups is 2. The molecule has 3 atom stereocenters. The molecule has 1 heterocycles. The number of carbonyl (C=O) groups excluding carboxylic acids is 2. The van der Waals surface area contributed by atoms with E-state index in [2.05, 4.69) is 5.32 Å². The van der Waals surface area contributed by atoms with Crippen LogP contribution in [0.4, 0.5) is 23.7 Å². The Kier molecular flexibility index (Phi) is 5.60. The van der Waals surface area contributed by atoms with Crippen molar-refractivity contribution in [2.45, 2.75) is 24.9 Å². The maximum Gasteiger partial charge on any atom is 0.437 e. The van der Waals surface area contributed by atoms with Crippen LogP contribution < -0.4 is 10.2 Å². The third-order valence-electron chi connectivity index (χ3n) is 4.59. The van der Waals surface area contributed by atoms with Crippen molar-refractivity contribution in [3.8, 4) is 0 Å². The lowest BCUT2D eigenvalue weighted by atomic mass is 9.81. The average Bonchev–Trinajstić information content (AvgIpc) is 2.58. The van der Waals surface area contributed by atoms with E-state index in [0.29, 0.717) is 0 Å². The summed E-state index contributed by atoms with van der Waals surface area (Å²) >= 11 is 0. The number of ether oxygens (including phenoxy) is 1. The maximum absolute atomic E-state index is 13.8. The van der Waals surface area contributed by atoms with E-state index in [9.17, 15) is 27.9 Å². The highest BCUT2D eigenvalue weighted by Crippen LogP contribution is 2.46. The third-order valence-corrected chi connectivity index (χ3v) is 4.59. The normalized spacial score (nSPS) is 25.8. The van der Waals surface area contributed by atoms with E-state index in [4.69, 9.17) is 4.74 Å². The fraction of sp³-hybridized carbons (Fsp3) is 0.529. The molecule has 0 radical (unpaired) electrons. The number of hydrogen-bond donors (Lipinski definition) is 2. The number of amides is 2. The van der Waals surface area contributed by atoms with E-state index in [0.717, 1.165) is 12.7 Å². The first-order valence-electron chi connectivity index (χ1n) is 8.22. The van der Waals surface area contributed by atoms with Crippen LogP contribution in [0.3, 0.4) is 0 Å². The van der Waals surface area contributed by atoms with E-state index >= 15 is 0 Å². The number of alkyl halides is 3. The second kappa shape index (κ2) is 7.26. The highest BCUT2D eigenvalue weighted by atomic mass is 19.4. The number of halogens is 3. The third kappa shape index (κ3) is 3.53. The summed E-state index contributed by atoms with van der Waals surface area (Å²) in [7, 11) is 4.35. The van der Waals surface area contributed by atoms with Gasteiger partial charge >= 0.3 is 18.2 Å². The Morgan fingerprint density at radius 3 is 2.33 bits per heavy atom. The fourth-order valence-electron chi connectivity index (χ4n) is 3.06. The molecule has 1 fully saturated rings. The van der Waals surface area contributed by atoms with Crippen molar-refractivity contribution in [3.05, 3.63) is 29.8 Å². The largest absolute Gasteiger partial charge is 0.466 e. The molecular formula is C17H22F3N3O4. The van der Waals surface area contributed by atoms with Crippen molar-refractivity contribution in [1.82, 2.24) is 10.2 Å². The number of aliphatic hydroxyl groups is 1. The molecule has 0 spiro atoms. The van der Waals surface area contributed by atoms with Crippen molar-refractivity contribution in [3.63, 3.8) is 0 Å². The molecule has 0 saturated carbocycles. The van der Waals surface area contributed by atoms with Crippen LogP contribution in [0, 0.1) is 5.92 Å². The van der Waals surface area contributed by atoms with Gasteiger partial charge in [0, 0.05) is 26.8 Å². The van der Waals surface area contributed by atoms with Gasteiger partial charge in [0.25, 0.3) is 5.72 Å². The van der Waals surface area contributed by atoms with Gasteiger partial charge in [0.15, 0.2) is 0 Å². The van der Waals surface area contributed by atoms with Gasteiger partial charge in [-0.15, -0.1) is 0 Å². The molecule has 150 valence electrons. The van der Waals surface area contributed by atoms with Crippen LogP contribution in [-0.4, -0.2) is 61.7 Å². The van der Waals surface area contributed by atoms with Gasteiger partial charge < -0.3 is 20.1 Å². The number of urea groups is 1. The molecule has 0 bridgehead atoms. The van der Waals surface area contributed by atoms with Gasteiger partial charge in [0.2, 0.25) is 0 Å². The minimum atomic E-state index is -5.28. The number of esters is 1. The Balaban J connectivity index is 2.59. The summed E-state index contributed by atoms with van der Waals surface area (Å²) in [6.45, 7) is 1.27. The number of hydrogen-bond acceptors (Lipinski definition) is 5. The summed E-state index contributed by atoms with van der Waals surface area (Å²) in [5, 5.41) is 12.9. The van der Waals surface area contributed by atoms with Crippen LogP contribution >= 0.6 is 0 Å². The summed E-state index contributed by atoms with van der Waals surface area (Å²) < 4.78 is 46.1. The number of nitrogens with zero attached hydrogens (tertiary/aromatic N) is 2. The predicted molar refractivity (Wildman–Crippen MR) is 90.9 cm³/mol. The lowest BCUT2D eigenvalue weighted by molar-refractivity contribution is -0.328. The molecule has 7 nitrogen and oxygen atoms in total. The Hall–Kier alpha value is -2.49. The lowest BCUT2D eigenvalue weighted by Gasteiger charge is -2.49. The Morgan fingerprint density at radius 2 is 1.89 bits per heavy atom. The van der Waals surface area contributed by atoms with Crippen LogP contribution in [0.5, 0.6) is 0 Å². The van der Waals surface area contributed by atoms with Crippen LogP contribution in [-0.2, 0) is 9.53 Å². The van der Waals surface area contributed by atoms with Gasteiger partial charge in [-0.3, -0.25) is 9.69 Å². The van der Waals surface area contributed by atoms with Gasteiger partial charge in [-0.1, -0.05) is 12.1 Å². The van der Waals surface area contributed by atoms with E-state index in [1.165, 1.54) is 19.1 Å². The molecule has 1 aromatic rings. The van der Waals surface area contributed by atoms with Crippen LogP contribution in [0.25, 0.3) is 0 Å². The molecule has 10 heteroatoms. The summed E-state index contributed by atoms with van der Waals surface area (Å²) in [4.78, 5) is 26.4. The summed E-state index contributed by atoms with van der Waals surface area (Å²) in [5.41, 5.74) is -2.70. The Bertz CT molecular complexity index is 708. The molecule has 1 aliphatic heterocycles. The lowest BCUT2D eigenvalue weighted by Crippen LogP contribution is -2.73. The first-order valence-corrected chi connectivity index (χ1v) is 8.22. The number of rotatable bonds is 4. The van der Waals surface area contributed by atoms with Gasteiger partial charge in [0.05, 0.1) is 12.6 Å². The minimum Gasteiger partial charge on any atom is -0.466 e. The molecule has 0 aromatic heterocycles. The van der Waals surface area contributed by atoms with Crippen molar-refractivity contribution in [2.24, 2.45) is 5.92 Å². The summed E-state index contributed by atoms with van der Waals surface area (Å²) in [6, 6.07) is 3.68. The van der Waals surface area contributed by atoms with Gasteiger partial charge in [-0.25, -0.2) is 4.79 Å². The Morgan fingerprint density at radius 1 is 1.33 bits per heavy atom. The summed E-state index contributed by atoms with van der Waals surface area (Å²) in [6.07, 6.45) is -5.28. The second-order valence-electron chi connectivity index (χ2n) is 6.43. The molecule has 2 amide bonds. The van der Waals surface area contributed by atoms with Crippen LogP contribution in [0.1, 0.15) is 18.5 Å². The molecule has 2 rings (SSSR count). The monoisotopic (exact) mass is 389 g/mol. The fourth-order valence-corrected chi connectivity index (χ4v) is 3.06. The van der Waals surface area contributed by atoms with Crippen LogP contribution in [0.15, 0.2) is 24.3 Å². The molecule has 0 unspecified atom stereocenters. The van der Waals surface area contributed by atoms with E-state index in [-0.39, 0.29) is 17.1 Å². The second-order valence-corrected chi connectivity index (χ2v) is 6.43. The van der Waals surface area contributed by atoms with Gasteiger partial charge in [-0.2, -0.15) is 13.2 Å². The quantitative estimate of drug-likeness (QED) is 0.769. The molecule has 27 heavy (non-hydrogen) atoms. The Labute approximate surface area is 154 Å². The molecular weight excluding hydrogens is 367 g/mol. The van der Waals surface area contributed by atoms with Crippen LogP contribution in [0.2, 0.25) is 0 Å². The number of nitrogens with one attached hydrogen (secondary N) is 1. The van der Waals surface area contributed by atoms with E-state index < -0.39 is 35.9 Å². The first-order chi connectivity index (χ1) is 12.4. The maximum atomic E-state index is 13.8. The molecule has 1 saturated heterocycles. The number of benzene rings is 1. The number of anilines is 1. The van der Waals surface area contributed by atoms with E-state index in [1.807, 2.05) is 0 Å². The smallest absolute Gasteiger partial charge is 0.437 e. The average molecular weight is 389 g/mol. The SMILES string of the molecule is CCOC(=O)[C@H]1[C@H](c2ccc(N(C)C)cc2)NC(=O)N(C)[C@]1(O)C(F)(F)F. The zero-order valence-corrected chi connectivity index (χ0v) is 15.4. The first kappa shape index (κ1) is 20.8. The van der Waals surface area contributed by atoms with Crippen molar-refractivity contribution >= 4 is 17.7 Å². The molecule has 1 aliphatic rings. The van der Waals surface area contributed by atoms with Crippen molar-refractivity contribution in [2.75, 3.05) is 32.6 Å². The molecule has 0 aliphatic carbocycles. The zero-order chi connectivity index (χ0) is 20.6. The van der Waals surface area contributed by atoms with Gasteiger partial charge in [-0.05, 0) is 24.6 Å². The highest BCUT2D eigenvalue weighted by Gasteiger charge is 2.69. The van der Waals surface area contributed by atoms with Crippen molar-refractivity contribution < 1.29 is 32.6 Å². The molecule has 2 N–H and O–H groups in total.